The Morgan fingerprint density at radius 3 is 2.92 bits per heavy atom. The summed E-state index contributed by atoms with van der Waals surface area (Å²) in [5.74, 6) is 1.59. The molecule has 1 aliphatic heterocycles. The number of benzene rings is 2. The molecule has 0 saturated heterocycles. The summed E-state index contributed by atoms with van der Waals surface area (Å²) in [5.41, 5.74) is 1.06. The number of ether oxygens (including phenoxy) is 2. The lowest BCUT2D eigenvalue weighted by molar-refractivity contribution is -0.116. The number of para-hydroxylation sites is 1. The van der Waals surface area contributed by atoms with Gasteiger partial charge in [0.05, 0.1) is 10.9 Å². The van der Waals surface area contributed by atoms with Crippen LogP contribution >= 0.6 is 0 Å². The number of hydrogen-bond acceptors (Lipinski definition) is 5. The fourth-order valence-electron chi connectivity index (χ4n) is 2.68. The van der Waals surface area contributed by atoms with Crippen molar-refractivity contribution >= 4 is 22.5 Å². The van der Waals surface area contributed by atoms with E-state index in [4.69, 9.17) is 9.47 Å². The number of amides is 1. The first-order valence-corrected chi connectivity index (χ1v) is 7.86. The van der Waals surface area contributed by atoms with Gasteiger partial charge in [0.1, 0.15) is 5.82 Å². The van der Waals surface area contributed by atoms with Crippen LogP contribution in [0.2, 0.25) is 0 Å². The Kier molecular flexibility index (Phi) is 3.81. The van der Waals surface area contributed by atoms with E-state index in [1.807, 2.05) is 6.07 Å². The quantitative estimate of drug-likeness (QED) is 0.761. The van der Waals surface area contributed by atoms with Crippen LogP contribution < -0.4 is 20.3 Å². The largest absolute Gasteiger partial charge is 0.454 e. The number of fused-ring (bicyclic) bond motifs is 2. The average molecular weight is 337 g/mol. The molecule has 0 atom stereocenters. The number of anilines is 1. The molecule has 7 nitrogen and oxygen atoms in total. The molecule has 0 spiro atoms. The number of carbonyl (C=O) groups excluding carboxylic acids is 1. The molecule has 4 rings (SSSR count). The SMILES string of the molecule is O=C(CCc1nc2ccccc2c(=O)[nH]1)Nc1ccc2c(c1)OCO2. The van der Waals surface area contributed by atoms with Crippen LogP contribution in [-0.2, 0) is 11.2 Å². The summed E-state index contributed by atoms with van der Waals surface area (Å²) in [4.78, 5) is 31.3. The number of aryl methyl sites for hydroxylation is 1. The zero-order chi connectivity index (χ0) is 17.2. The molecule has 25 heavy (non-hydrogen) atoms. The number of nitrogens with zero attached hydrogens (tertiary/aromatic N) is 1. The van der Waals surface area contributed by atoms with E-state index >= 15 is 0 Å². The molecule has 7 heteroatoms. The molecule has 0 unspecified atom stereocenters. The van der Waals surface area contributed by atoms with Crippen LogP contribution in [-0.4, -0.2) is 22.7 Å². The van der Waals surface area contributed by atoms with Crippen molar-refractivity contribution in [1.29, 1.82) is 0 Å². The van der Waals surface area contributed by atoms with Gasteiger partial charge >= 0.3 is 0 Å². The van der Waals surface area contributed by atoms with Gasteiger partial charge in [-0.25, -0.2) is 4.98 Å². The van der Waals surface area contributed by atoms with Crippen molar-refractivity contribution in [3.05, 3.63) is 58.6 Å². The molecule has 126 valence electrons. The highest BCUT2D eigenvalue weighted by Gasteiger charge is 2.14. The highest BCUT2D eigenvalue weighted by atomic mass is 16.7. The van der Waals surface area contributed by atoms with Crippen LogP contribution in [0.15, 0.2) is 47.3 Å². The Hall–Kier alpha value is -3.35. The fourth-order valence-corrected chi connectivity index (χ4v) is 2.68. The topological polar surface area (TPSA) is 93.3 Å². The zero-order valence-electron chi connectivity index (χ0n) is 13.2. The summed E-state index contributed by atoms with van der Waals surface area (Å²) in [6, 6.07) is 12.3. The smallest absolute Gasteiger partial charge is 0.258 e. The monoisotopic (exact) mass is 337 g/mol. The van der Waals surface area contributed by atoms with E-state index in [0.717, 1.165) is 0 Å². The maximum Gasteiger partial charge on any atom is 0.258 e. The Morgan fingerprint density at radius 2 is 2.00 bits per heavy atom. The van der Waals surface area contributed by atoms with Crippen LogP contribution in [0.3, 0.4) is 0 Å². The minimum Gasteiger partial charge on any atom is -0.454 e. The number of aromatic amines is 1. The number of H-pyrrole nitrogens is 1. The van der Waals surface area contributed by atoms with Crippen LogP contribution in [0.4, 0.5) is 5.69 Å². The Bertz CT molecular complexity index is 1010. The molecule has 2 N–H and O–H groups in total. The number of nitrogens with one attached hydrogen (secondary N) is 2. The first-order valence-electron chi connectivity index (χ1n) is 7.86. The molecule has 3 aromatic rings. The van der Waals surface area contributed by atoms with Gasteiger partial charge in [-0.05, 0) is 24.3 Å². The minimum atomic E-state index is -0.197. The highest BCUT2D eigenvalue weighted by molar-refractivity contribution is 5.91. The van der Waals surface area contributed by atoms with E-state index in [0.29, 0.717) is 40.3 Å². The zero-order valence-corrected chi connectivity index (χ0v) is 13.2. The summed E-state index contributed by atoms with van der Waals surface area (Å²) in [6.07, 6.45) is 0.548. The number of hydrogen-bond donors (Lipinski definition) is 2. The van der Waals surface area contributed by atoms with Gasteiger partial charge in [-0.15, -0.1) is 0 Å². The molecular weight excluding hydrogens is 322 g/mol. The Balaban J connectivity index is 1.43. The molecule has 0 bridgehead atoms. The first-order chi connectivity index (χ1) is 12.2. The summed E-state index contributed by atoms with van der Waals surface area (Å²) in [5, 5.41) is 3.34. The normalized spacial score (nSPS) is 12.3. The van der Waals surface area contributed by atoms with Crippen molar-refractivity contribution in [2.75, 3.05) is 12.1 Å². The van der Waals surface area contributed by atoms with Crippen molar-refractivity contribution in [2.45, 2.75) is 12.8 Å². The predicted octanol–water partition coefficient (Wildman–Crippen LogP) is 2.22. The number of rotatable bonds is 4. The van der Waals surface area contributed by atoms with Crippen molar-refractivity contribution in [2.24, 2.45) is 0 Å². The number of aromatic nitrogens is 2. The summed E-state index contributed by atoms with van der Waals surface area (Å²) in [6.45, 7) is 0.188. The van der Waals surface area contributed by atoms with E-state index in [-0.39, 0.29) is 24.7 Å². The third-order valence-corrected chi connectivity index (χ3v) is 3.91. The minimum absolute atomic E-state index is 0.172. The van der Waals surface area contributed by atoms with Gasteiger partial charge in [-0.3, -0.25) is 9.59 Å². The van der Waals surface area contributed by atoms with Crippen molar-refractivity contribution in [3.8, 4) is 11.5 Å². The second-order valence-electron chi connectivity index (χ2n) is 5.65. The molecule has 1 amide bonds. The van der Waals surface area contributed by atoms with Crippen molar-refractivity contribution in [1.82, 2.24) is 9.97 Å². The van der Waals surface area contributed by atoms with E-state index in [1.54, 1.807) is 36.4 Å². The molecule has 1 aromatic heterocycles. The van der Waals surface area contributed by atoms with Gasteiger partial charge in [0.25, 0.3) is 5.56 Å². The van der Waals surface area contributed by atoms with Crippen LogP contribution in [0.5, 0.6) is 11.5 Å². The van der Waals surface area contributed by atoms with E-state index in [2.05, 4.69) is 15.3 Å². The second-order valence-corrected chi connectivity index (χ2v) is 5.65. The third-order valence-electron chi connectivity index (χ3n) is 3.91. The van der Waals surface area contributed by atoms with Gasteiger partial charge in [-0.1, -0.05) is 12.1 Å². The second kappa shape index (κ2) is 6.27. The molecule has 0 fully saturated rings. The molecule has 0 saturated carbocycles. The standard InChI is InChI=1S/C18H15N3O4/c22-17(19-11-5-6-14-15(9-11)25-10-24-14)8-7-16-20-13-4-2-1-3-12(13)18(23)21-16/h1-6,9H,7-8,10H2,(H,19,22)(H,20,21,23). The molecule has 0 aliphatic carbocycles. The fraction of sp³-hybridized carbons (Fsp3) is 0.167. The van der Waals surface area contributed by atoms with Gasteiger partial charge in [0.2, 0.25) is 12.7 Å². The lowest BCUT2D eigenvalue weighted by atomic mass is 10.2. The Labute approximate surface area is 142 Å². The molecular formula is C18H15N3O4. The van der Waals surface area contributed by atoms with Crippen LogP contribution in [0, 0.1) is 0 Å². The maximum atomic E-state index is 12.1. The highest BCUT2D eigenvalue weighted by Crippen LogP contribution is 2.34. The lowest BCUT2D eigenvalue weighted by Crippen LogP contribution is -2.16. The van der Waals surface area contributed by atoms with E-state index < -0.39 is 0 Å². The summed E-state index contributed by atoms with van der Waals surface area (Å²) in [7, 11) is 0. The summed E-state index contributed by atoms with van der Waals surface area (Å²) < 4.78 is 10.5. The average Bonchev–Trinajstić information content (AvgIpc) is 3.08. The van der Waals surface area contributed by atoms with Crippen molar-refractivity contribution < 1.29 is 14.3 Å². The molecule has 1 aliphatic rings. The van der Waals surface area contributed by atoms with E-state index in [1.165, 1.54) is 0 Å². The van der Waals surface area contributed by atoms with Crippen LogP contribution in [0.25, 0.3) is 10.9 Å². The molecule has 2 aromatic carbocycles. The van der Waals surface area contributed by atoms with Gasteiger partial charge in [-0.2, -0.15) is 0 Å². The Morgan fingerprint density at radius 1 is 1.16 bits per heavy atom. The summed E-state index contributed by atoms with van der Waals surface area (Å²) >= 11 is 0. The molecule has 2 heterocycles. The lowest BCUT2D eigenvalue weighted by Gasteiger charge is -2.06. The first kappa shape index (κ1) is 15.2. The number of carbonyl (C=O) groups is 1. The molecule has 0 radical (unpaired) electrons. The van der Waals surface area contributed by atoms with E-state index in [9.17, 15) is 9.59 Å². The van der Waals surface area contributed by atoms with Crippen molar-refractivity contribution in [3.63, 3.8) is 0 Å². The van der Waals surface area contributed by atoms with Gasteiger partial charge in [0.15, 0.2) is 11.5 Å². The van der Waals surface area contributed by atoms with Gasteiger partial charge in [0, 0.05) is 24.6 Å². The van der Waals surface area contributed by atoms with Gasteiger partial charge < -0.3 is 19.8 Å². The maximum absolute atomic E-state index is 12.1. The van der Waals surface area contributed by atoms with Crippen LogP contribution in [0.1, 0.15) is 12.2 Å². The predicted molar refractivity (Wildman–Crippen MR) is 91.9 cm³/mol. The third kappa shape index (κ3) is 3.16.